The Bertz CT molecular complexity index is 637. The second kappa shape index (κ2) is 7.27. The molecule has 0 aliphatic carbocycles. The van der Waals surface area contributed by atoms with Crippen LogP contribution >= 0.6 is 11.3 Å². The number of carbonyl (C=O) groups excluding carboxylic acids is 1. The summed E-state index contributed by atoms with van der Waals surface area (Å²) in [6, 6.07) is 4.61. The van der Waals surface area contributed by atoms with Crippen LogP contribution in [-0.2, 0) is 17.8 Å². The smallest absolute Gasteiger partial charge is 0.224 e. The van der Waals surface area contributed by atoms with E-state index in [-0.39, 0.29) is 18.0 Å². The number of hydrogen-bond donors (Lipinski definition) is 1. The molecule has 5 nitrogen and oxygen atoms in total. The van der Waals surface area contributed by atoms with E-state index in [1.807, 2.05) is 21.8 Å². The first-order valence-corrected chi connectivity index (χ1v) is 9.08. The maximum atomic E-state index is 12.4. The molecule has 1 amide bonds. The highest BCUT2D eigenvalue weighted by Gasteiger charge is 2.21. The second-order valence-corrected chi connectivity index (χ2v) is 7.15. The van der Waals surface area contributed by atoms with Gasteiger partial charge in [0, 0.05) is 49.4 Å². The fourth-order valence-corrected chi connectivity index (χ4v) is 3.84. The number of nitrogens with zero attached hydrogens (tertiary/aromatic N) is 3. The predicted molar refractivity (Wildman–Crippen MR) is 92.5 cm³/mol. The van der Waals surface area contributed by atoms with Gasteiger partial charge in [0.2, 0.25) is 5.91 Å². The molecule has 0 bridgehead atoms. The van der Waals surface area contributed by atoms with Gasteiger partial charge in [-0.1, -0.05) is 0 Å². The van der Waals surface area contributed by atoms with Crippen molar-refractivity contribution in [3.05, 3.63) is 40.3 Å². The molecule has 0 radical (unpaired) electrons. The molecule has 0 unspecified atom stereocenters. The molecule has 2 aromatic heterocycles. The Morgan fingerprint density at radius 1 is 1.48 bits per heavy atom. The zero-order chi connectivity index (χ0) is 16.2. The number of hydrogen-bond acceptors (Lipinski definition) is 4. The number of rotatable bonds is 6. The number of aromatic nitrogens is 2. The van der Waals surface area contributed by atoms with Crippen LogP contribution in [0.25, 0.3) is 0 Å². The summed E-state index contributed by atoms with van der Waals surface area (Å²) in [5, 5.41) is 9.84. The molecular weight excluding hydrogens is 308 g/mol. The Morgan fingerprint density at radius 3 is 3.13 bits per heavy atom. The molecule has 6 heteroatoms. The van der Waals surface area contributed by atoms with E-state index < -0.39 is 0 Å². The molecule has 1 aliphatic heterocycles. The van der Waals surface area contributed by atoms with E-state index in [1.165, 1.54) is 10.4 Å². The van der Waals surface area contributed by atoms with E-state index in [2.05, 4.69) is 35.7 Å². The lowest BCUT2D eigenvalue weighted by Gasteiger charge is -2.27. The minimum absolute atomic E-state index is 0.244. The zero-order valence-corrected chi connectivity index (χ0v) is 14.6. The zero-order valence-electron chi connectivity index (χ0n) is 13.7. The Labute approximate surface area is 141 Å². The highest BCUT2D eigenvalue weighted by Crippen LogP contribution is 2.24. The summed E-state index contributed by atoms with van der Waals surface area (Å²) >= 11 is 1.80. The summed E-state index contributed by atoms with van der Waals surface area (Å²) in [4.78, 5) is 15.8. The van der Waals surface area contributed by atoms with Crippen molar-refractivity contribution < 1.29 is 4.79 Å². The molecule has 23 heavy (non-hydrogen) atoms. The lowest BCUT2D eigenvalue weighted by Crippen LogP contribution is -2.39. The van der Waals surface area contributed by atoms with Gasteiger partial charge in [-0.25, -0.2) is 0 Å². The van der Waals surface area contributed by atoms with Gasteiger partial charge in [-0.2, -0.15) is 5.10 Å². The lowest BCUT2D eigenvalue weighted by molar-refractivity contribution is -0.132. The summed E-state index contributed by atoms with van der Waals surface area (Å²) in [5.74, 6) is 0.244. The van der Waals surface area contributed by atoms with Crippen molar-refractivity contribution in [1.82, 2.24) is 20.0 Å². The van der Waals surface area contributed by atoms with Crippen molar-refractivity contribution in [2.45, 2.75) is 45.3 Å². The minimum Gasteiger partial charge on any atom is -0.338 e. The molecule has 0 fully saturated rings. The molecule has 1 N–H and O–H groups in total. The van der Waals surface area contributed by atoms with Gasteiger partial charge in [-0.15, -0.1) is 11.3 Å². The van der Waals surface area contributed by atoms with Crippen LogP contribution in [-0.4, -0.2) is 39.7 Å². The summed E-state index contributed by atoms with van der Waals surface area (Å²) in [6.07, 6.45) is 5.32. The Kier molecular flexibility index (Phi) is 5.13. The van der Waals surface area contributed by atoms with Crippen LogP contribution in [0, 0.1) is 0 Å². The monoisotopic (exact) mass is 332 g/mol. The van der Waals surface area contributed by atoms with E-state index in [1.54, 1.807) is 17.5 Å². The molecule has 3 rings (SSSR count). The lowest BCUT2D eigenvalue weighted by atomic mass is 10.1. The molecule has 2 atom stereocenters. The maximum absolute atomic E-state index is 12.4. The van der Waals surface area contributed by atoms with Crippen LogP contribution in [0.15, 0.2) is 29.9 Å². The minimum atomic E-state index is 0.244. The third-order valence-corrected chi connectivity index (χ3v) is 5.65. The molecule has 0 spiro atoms. The first-order chi connectivity index (χ1) is 11.1. The van der Waals surface area contributed by atoms with Gasteiger partial charge >= 0.3 is 0 Å². The average molecular weight is 332 g/mol. The molecule has 124 valence electrons. The van der Waals surface area contributed by atoms with Gasteiger partial charge in [0.15, 0.2) is 0 Å². The Balaban J connectivity index is 1.43. The molecule has 2 aromatic rings. The van der Waals surface area contributed by atoms with E-state index in [0.717, 1.165) is 19.5 Å². The standard InChI is InChI=1S/C17H24N4OS/c1-13(14(2)21-9-3-7-19-21)18-8-4-17(22)20-10-5-16-15(12-20)6-11-23-16/h3,6-7,9,11,13-14,18H,4-5,8,10,12H2,1-2H3/t13-,14-/m0/s1. The van der Waals surface area contributed by atoms with Gasteiger partial charge < -0.3 is 10.2 Å². The van der Waals surface area contributed by atoms with Gasteiger partial charge in [0.05, 0.1) is 6.04 Å². The van der Waals surface area contributed by atoms with Crippen LogP contribution in [0.5, 0.6) is 0 Å². The fourth-order valence-electron chi connectivity index (χ4n) is 2.95. The van der Waals surface area contributed by atoms with Crippen molar-refractivity contribution in [3.8, 4) is 0 Å². The van der Waals surface area contributed by atoms with E-state index in [0.29, 0.717) is 13.0 Å². The molecule has 3 heterocycles. The summed E-state index contributed by atoms with van der Waals surface area (Å²) in [5.41, 5.74) is 1.32. The largest absolute Gasteiger partial charge is 0.338 e. The molecular formula is C17H24N4OS. The topological polar surface area (TPSA) is 50.2 Å². The van der Waals surface area contributed by atoms with E-state index >= 15 is 0 Å². The SMILES string of the molecule is C[C@H](NCCC(=O)N1CCc2sccc2C1)[C@H](C)n1cccn1. The highest BCUT2D eigenvalue weighted by molar-refractivity contribution is 7.10. The number of nitrogens with one attached hydrogen (secondary N) is 1. The normalized spacial score (nSPS) is 16.9. The maximum Gasteiger partial charge on any atom is 0.224 e. The van der Waals surface area contributed by atoms with Gasteiger partial charge in [0.1, 0.15) is 0 Å². The summed E-state index contributed by atoms with van der Waals surface area (Å²) in [7, 11) is 0. The van der Waals surface area contributed by atoms with Gasteiger partial charge in [-0.05, 0) is 43.3 Å². The summed E-state index contributed by atoms with van der Waals surface area (Å²) < 4.78 is 1.95. The first-order valence-electron chi connectivity index (χ1n) is 8.20. The first kappa shape index (κ1) is 16.2. The van der Waals surface area contributed by atoms with Crippen molar-refractivity contribution in [1.29, 1.82) is 0 Å². The predicted octanol–water partition coefficient (Wildman–Crippen LogP) is 2.46. The Morgan fingerprint density at radius 2 is 2.35 bits per heavy atom. The molecule has 0 saturated heterocycles. The van der Waals surface area contributed by atoms with Crippen LogP contribution < -0.4 is 5.32 Å². The fraction of sp³-hybridized carbons (Fsp3) is 0.529. The quantitative estimate of drug-likeness (QED) is 0.884. The van der Waals surface area contributed by atoms with Gasteiger partial charge in [0.25, 0.3) is 0 Å². The van der Waals surface area contributed by atoms with Crippen LogP contribution in [0.3, 0.4) is 0 Å². The highest BCUT2D eigenvalue weighted by atomic mass is 32.1. The van der Waals surface area contributed by atoms with Crippen molar-refractivity contribution in [2.24, 2.45) is 0 Å². The molecule has 0 aromatic carbocycles. The Hall–Kier alpha value is -1.66. The molecule has 1 aliphatic rings. The third-order valence-electron chi connectivity index (χ3n) is 4.63. The van der Waals surface area contributed by atoms with Gasteiger partial charge in [-0.3, -0.25) is 9.48 Å². The van der Waals surface area contributed by atoms with E-state index in [4.69, 9.17) is 0 Å². The van der Waals surface area contributed by atoms with Crippen molar-refractivity contribution in [3.63, 3.8) is 0 Å². The number of thiophene rings is 1. The number of amides is 1. The van der Waals surface area contributed by atoms with Crippen LogP contribution in [0.2, 0.25) is 0 Å². The number of carbonyl (C=O) groups is 1. The average Bonchev–Trinajstić information content (AvgIpc) is 3.24. The van der Waals surface area contributed by atoms with Crippen molar-refractivity contribution in [2.75, 3.05) is 13.1 Å². The third kappa shape index (κ3) is 3.82. The molecule has 0 saturated carbocycles. The van der Waals surface area contributed by atoms with E-state index in [9.17, 15) is 4.79 Å². The second-order valence-electron chi connectivity index (χ2n) is 6.15. The summed E-state index contributed by atoms with van der Waals surface area (Å²) in [6.45, 7) is 6.60. The van der Waals surface area contributed by atoms with Crippen LogP contribution in [0.1, 0.15) is 36.8 Å². The van der Waals surface area contributed by atoms with Crippen molar-refractivity contribution >= 4 is 17.2 Å². The van der Waals surface area contributed by atoms with Crippen LogP contribution in [0.4, 0.5) is 0 Å². The number of fused-ring (bicyclic) bond motifs is 1.